The number of tetrazole rings is 1. The highest BCUT2D eigenvalue weighted by Crippen LogP contribution is 2.44. The van der Waals surface area contributed by atoms with Crippen molar-refractivity contribution in [1.82, 2.24) is 39.8 Å². The first-order valence-corrected chi connectivity index (χ1v) is 11.3. The van der Waals surface area contributed by atoms with Crippen LogP contribution in [0.3, 0.4) is 0 Å². The molecule has 4 rings (SSSR count). The van der Waals surface area contributed by atoms with Gasteiger partial charge in [-0.2, -0.15) is 9.36 Å². The number of aromatic nitrogens is 6. The van der Waals surface area contributed by atoms with E-state index in [0.29, 0.717) is 10.1 Å². The molecule has 2 aromatic rings. The third-order valence-corrected chi connectivity index (χ3v) is 7.39. The maximum atomic E-state index is 12.8. The van der Waals surface area contributed by atoms with Crippen molar-refractivity contribution < 1.29 is 24.3 Å². The van der Waals surface area contributed by atoms with Crippen LogP contribution in [0.15, 0.2) is 20.9 Å². The van der Waals surface area contributed by atoms with Gasteiger partial charge in [0.1, 0.15) is 24.2 Å². The summed E-state index contributed by atoms with van der Waals surface area (Å²) in [6.07, 6.45) is 0. The summed E-state index contributed by atoms with van der Waals surface area (Å²) in [6, 6.07) is -0.970. The first-order valence-electron chi connectivity index (χ1n) is 8.64. The molecule has 0 radical (unpaired) electrons. The fourth-order valence-electron chi connectivity index (χ4n) is 2.90. The summed E-state index contributed by atoms with van der Waals surface area (Å²) in [5, 5.41) is 26.9. The topological polar surface area (TPSA) is 204 Å². The molecule has 0 aliphatic carbocycles. The molecule has 2 aromatic heterocycles. The Labute approximate surface area is 191 Å². The predicted molar refractivity (Wildman–Crippen MR) is 112 cm³/mol. The summed E-state index contributed by atoms with van der Waals surface area (Å²) in [4.78, 5) is 47.6. The van der Waals surface area contributed by atoms with Crippen molar-refractivity contribution in [2.24, 2.45) is 12.2 Å². The maximum Gasteiger partial charge on any atom is 0.353 e. The molecule has 2 atom stereocenters. The summed E-state index contributed by atoms with van der Waals surface area (Å²) in [6.45, 7) is 0. The number of aryl methyl sites for hydroxylation is 1. The van der Waals surface area contributed by atoms with Crippen LogP contribution in [0, 0.1) is 0 Å². The highest BCUT2D eigenvalue weighted by Gasteiger charge is 2.54. The number of nitrogens with one attached hydrogen (secondary N) is 1. The lowest BCUT2D eigenvalue weighted by atomic mass is 10.0. The molecular weight excluding hydrogens is 484 g/mol. The molecule has 1 fully saturated rings. The second-order valence-electron chi connectivity index (χ2n) is 6.20. The lowest BCUT2D eigenvalue weighted by molar-refractivity contribution is -0.150. The molecule has 168 valence electrons. The quantitative estimate of drug-likeness (QED) is 0.226. The van der Waals surface area contributed by atoms with Gasteiger partial charge in [-0.15, -0.1) is 16.9 Å². The molecule has 4 N–H and O–H groups in total. The number of hydrogen-bond acceptors (Lipinski definition) is 14. The minimum Gasteiger partial charge on any atom is -0.477 e. The highest BCUT2D eigenvalue weighted by molar-refractivity contribution is 8.06. The molecule has 0 bridgehead atoms. The molecule has 4 heterocycles. The van der Waals surface area contributed by atoms with E-state index in [0.717, 1.165) is 28.2 Å². The normalized spacial score (nSPS) is 20.6. The number of oxime groups is 1. The third kappa shape index (κ3) is 3.86. The van der Waals surface area contributed by atoms with E-state index in [9.17, 15) is 19.5 Å². The van der Waals surface area contributed by atoms with E-state index in [1.54, 1.807) is 7.05 Å². The van der Waals surface area contributed by atoms with E-state index < -0.39 is 29.2 Å². The van der Waals surface area contributed by atoms with E-state index in [-0.39, 0.29) is 28.1 Å². The summed E-state index contributed by atoms with van der Waals surface area (Å²) >= 11 is 3.23. The van der Waals surface area contributed by atoms with Crippen molar-refractivity contribution in [3.8, 4) is 0 Å². The smallest absolute Gasteiger partial charge is 0.353 e. The number of anilines is 1. The van der Waals surface area contributed by atoms with Crippen molar-refractivity contribution >= 4 is 63.7 Å². The van der Waals surface area contributed by atoms with Gasteiger partial charge < -0.3 is 21.0 Å². The number of amides is 2. The van der Waals surface area contributed by atoms with Gasteiger partial charge in [0.25, 0.3) is 11.8 Å². The monoisotopic (exact) mass is 498 g/mol. The van der Waals surface area contributed by atoms with Crippen LogP contribution in [0.25, 0.3) is 0 Å². The number of thioether (sulfide) groups is 2. The zero-order valence-electron chi connectivity index (χ0n) is 16.3. The van der Waals surface area contributed by atoms with Gasteiger partial charge in [-0.25, -0.2) is 9.48 Å². The molecule has 18 heteroatoms. The predicted octanol–water partition coefficient (Wildman–Crippen LogP) is -1.52. The maximum absolute atomic E-state index is 12.8. The van der Waals surface area contributed by atoms with Crippen LogP contribution >= 0.6 is 35.1 Å². The Bertz CT molecular complexity index is 1160. The van der Waals surface area contributed by atoms with Crippen LogP contribution in [0.1, 0.15) is 5.82 Å². The fourth-order valence-corrected chi connectivity index (χ4v) is 5.72. The molecule has 1 saturated heterocycles. The van der Waals surface area contributed by atoms with E-state index in [4.69, 9.17) is 5.73 Å². The number of carbonyl (C=O) groups is 3. The van der Waals surface area contributed by atoms with E-state index in [2.05, 4.69) is 40.2 Å². The zero-order valence-corrected chi connectivity index (χ0v) is 18.8. The molecule has 0 saturated carbocycles. The van der Waals surface area contributed by atoms with Gasteiger partial charge in [0.15, 0.2) is 5.13 Å². The molecular formula is C14H14N10O5S3. The largest absolute Gasteiger partial charge is 0.477 e. The van der Waals surface area contributed by atoms with Gasteiger partial charge in [0.05, 0.1) is 0 Å². The Kier molecular flexibility index (Phi) is 5.98. The Balaban J connectivity index is 1.54. The number of hydrogen-bond donors (Lipinski definition) is 3. The van der Waals surface area contributed by atoms with Gasteiger partial charge in [-0.3, -0.25) is 14.5 Å². The first kappa shape index (κ1) is 22.0. The van der Waals surface area contributed by atoms with Crippen molar-refractivity contribution in [2.45, 2.75) is 16.6 Å². The fraction of sp³-hybridized carbons (Fsp3) is 0.357. The second kappa shape index (κ2) is 8.71. The van der Waals surface area contributed by atoms with Crippen LogP contribution in [0.5, 0.6) is 0 Å². The Morgan fingerprint density at radius 3 is 2.81 bits per heavy atom. The van der Waals surface area contributed by atoms with Crippen LogP contribution in [-0.4, -0.2) is 87.3 Å². The SMILES string of the molecule is CO/N=C(\C(=O)N[C@@H]1C(=O)N2C(C(=O)O)=C(Sc3nnnn3C)CS[C@H]12)c1nsc(N)n1. The van der Waals surface area contributed by atoms with Gasteiger partial charge in [-0.05, 0) is 22.2 Å². The van der Waals surface area contributed by atoms with Gasteiger partial charge in [-0.1, -0.05) is 5.16 Å². The molecule has 32 heavy (non-hydrogen) atoms. The Morgan fingerprint density at radius 2 is 2.22 bits per heavy atom. The van der Waals surface area contributed by atoms with Gasteiger partial charge in [0, 0.05) is 29.2 Å². The third-order valence-electron chi connectivity index (χ3n) is 4.27. The van der Waals surface area contributed by atoms with Gasteiger partial charge >= 0.3 is 5.97 Å². The number of nitrogens with two attached hydrogens (primary N) is 1. The number of rotatable bonds is 7. The van der Waals surface area contributed by atoms with Crippen LogP contribution in [0.2, 0.25) is 0 Å². The summed E-state index contributed by atoms with van der Waals surface area (Å²) in [5.74, 6) is -2.37. The minimum atomic E-state index is -1.27. The molecule has 0 spiro atoms. The Morgan fingerprint density at radius 1 is 1.44 bits per heavy atom. The molecule has 2 aliphatic rings. The number of fused-ring (bicyclic) bond motifs is 1. The summed E-state index contributed by atoms with van der Waals surface area (Å²) in [5.41, 5.74) is 5.13. The van der Waals surface area contributed by atoms with Crippen LogP contribution in [0.4, 0.5) is 5.13 Å². The number of aliphatic carboxylic acids is 1. The van der Waals surface area contributed by atoms with E-state index in [1.807, 2.05) is 0 Å². The average molecular weight is 499 g/mol. The number of nitrogens with zero attached hydrogens (tertiary/aromatic N) is 8. The van der Waals surface area contributed by atoms with E-state index in [1.165, 1.54) is 23.6 Å². The summed E-state index contributed by atoms with van der Waals surface area (Å²) < 4.78 is 5.32. The van der Waals surface area contributed by atoms with Crippen LogP contribution in [-0.2, 0) is 26.3 Å². The van der Waals surface area contributed by atoms with Crippen molar-refractivity contribution in [3.63, 3.8) is 0 Å². The lowest BCUT2D eigenvalue weighted by Gasteiger charge is -2.49. The standard InChI is InChI=1S/C14H14N10O5S3/c1-23-14(18-21-22-23)31-4-3-30-11-6(10(26)24(11)7(4)12(27)28)16-9(25)5(19-29-2)8-17-13(15)32-20-8/h6,11H,3H2,1-2H3,(H,16,25)(H,27,28)(H2,15,17,20)/b19-5-/t6-,11-/m1/s1. The number of carboxylic acid groups (broad SMARTS) is 1. The first-order chi connectivity index (χ1) is 15.3. The van der Waals surface area contributed by atoms with Crippen LogP contribution < -0.4 is 11.1 Å². The second-order valence-corrected chi connectivity index (χ2v) is 9.15. The number of carboxylic acids is 1. The van der Waals surface area contributed by atoms with Gasteiger partial charge in [0.2, 0.25) is 16.7 Å². The van der Waals surface area contributed by atoms with Crippen molar-refractivity contribution in [3.05, 3.63) is 16.4 Å². The molecule has 0 aromatic carbocycles. The lowest BCUT2D eigenvalue weighted by Crippen LogP contribution is -2.71. The molecule has 2 amide bonds. The summed E-state index contributed by atoms with van der Waals surface area (Å²) in [7, 11) is 2.86. The van der Waals surface area contributed by atoms with Crippen molar-refractivity contribution in [1.29, 1.82) is 0 Å². The molecule has 0 unspecified atom stereocenters. The number of β-lactam (4-membered cyclic amide) rings is 1. The van der Waals surface area contributed by atoms with E-state index >= 15 is 0 Å². The molecule has 2 aliphatic heterocycles. The number of carbonyl (C=O) groups excluding carboxylic acids is 2. The highest BCUT2D eigenvalue weighted by atomic mass is 32.2. The Hall–Kier alpha value is -3.25. The zero-order chi connectivity index (χ0) is 23.0. The average Bonchev–Trinajstić information content (AvgIpc) is 3.37. The van der Waals surface area contributed by atoms with Crippen molar-refractivity contribution in [2.75, 3.05) is 18.6 Å². The number of nitrogen functional groups attached to an aromatic ring is 1. The minimum absolute atomic E-state index is 0.0473. The molecule has 15 nitrogen and oxygen atoms in total.